The van der Waals surface area contributed by atoms with Crippen molar-refractivity contribution in [2.24, 2.45) is 5.92 Å². The number of ether oxygens (including phenoxy) is 2. The summed E-state index contributed by atoms with van der Waals surface area (Å²) in [6.07, 6.45) is 4.30. The van der Waals surface area contributed by atoms with Gasteiger partial charge in [0.05, 0.1) is 13.2 Å². The topological polar surface area (TPSA) is 50.8 Å². The van der Waals surface area contributed by atoms with Crippen molar-refractivity contribution < 1.29 is 14.3 Å². The van der Waals surface area contributed by atoms with Crippen molar-refractivity contribution in [2.45, 2.75) is 32.6 Å². The number of nitrogens with one attached hydrogen (secondary N) is 1. The maximum absolute atomic E-state index is 11.9. The third-order valence-corrected chi connectivity index (χ3v) is 3.37. The number of unbranched alkanes of at least 4 members (excludes halogenated alkanes) is 1. The number of carbonyl (C=O) groups is 1. The Bertz CT molecular complexity index is 249. The van der Waals surface area contributed by atoms with Crippen LogP contribution in [0.15, 0.2) is 0 Å². The second kappa shape index (κ2) is 10.0. The summed E-state index contributed by atoms with van der Waals surface area (Å²) in [7, 11) is 1.67. The Balaban J connectivity index is 1.95. The van der Waals surface area contributed by atoms with E-state index < -0.39 is 0 Å². The van der Waals surface area contributed by atoms with Crippen LogP contribution < -0.4 is 5.32 Å². The molecule has 1 saturated heterocycles. The van der Waals surface area contributed by atoms with E-state index in [4.69, 9.17) is 9.47 Å². The average Bonchev–Trinajstić information content (AvgIpc) is 2.41. The molecule has 0 aliphatic carbocycles. The molecule has 5 nitrogen and oxygen atoms in total. The molecular formula is C14H28N2O3. The molecule has 1 fully saturated rings. The minimum atomic E-state index is 0.0897. The standard InChI is InChI=1S/C14H28N2O3/c1-13-6-5-8-16(12-13)14(17)15-7-3-4-9-19-11-10-18-2/h13H,3-12H2,1-2H3,(H,15,17). The molecule has 1 aliphatic heterocycles. The summed E-state index contributed by atoms with van der Waals surface area (Å²) >= 11 is 0. The second-order valence-electron chi connectivity index (χ2n) is 5.24. The molecule has 0 radical (unpaired) electrons. The molecule has 5 heteroatoms. The van der Waals surface area contributed by atoms with Crippen molar-refractivity contribution in [1.29, 1.82) is 0 Å². The van der Waals surface area contributed by atoms with Gasteiger partial charge in [-0.3, -0.25) is 0 Å². The van der Waals surface area contributed by atoms with E-state index in [0.29, 0.717) is 19.1 Å². The maximum Gasteiger partial charge on any atom is 0.317 e. The lowest BCUT2D eigenvalue weighted by molar-refractivity contribution is 0.0688. The minimum absolute atomic E-state index is 0.0897. The third-order valence-electron chi connectivity index (χ3n) is 3.37. The highest BCUT2D eigenvalue weighted by molar-refractivity contribution is 5.74. The average molecular weight is 272 g/mol. The molecule has 1 atom stereocenters. The Morgan fingerprint density at radius 3 is 2.89 bits per heavy atom. The summed E-state index contributed by atoms with van der Waals surface area (Å²) in [5.74, 6) is 0.633. The predicted octanol–water partition coefficient (Wildman–Crippen LogP) is 1.87. The molecule has 1 heterocycles. The number of methoxy groups -OCH3 is 1. The quantitative estimate of drug-likeness (QED) is 0.686. The van der Waals surface area contributed by atoms with Crippen LogP contribution in [0.1, 0.15) is 32.6 Å². The zero-order valence-electron chi connectivity index (χ0n) is 12.3. The molecule has 0 aromatic carbocycles. The van der Waals surface area contributed by atoms with Gasteiger partial charge in [-0.1, -0.05) is 6.92 Å². The normalized spacial score (nSPS) is 19.5. The van der Waals surface area contributed by atoms with Gasteiger partial charge in [-0.15, -0.1) is 0 Å². The molecule has 0 saturated carbocycles. The molecular weight excluding hydrogens is 244 g/mol. The molecule has 1 aliphatic rings. The second-order valence-corrected chi connectivity index (χ2v) is 5.24. The van der Waals surface area contributed by atoms with E-state index in [-0.39, 0.29) is 6.03 Å². The van der Waals surface area contributed by atoms with Crippen LogP contribution in [0.2, 0.25) is 0 Å². The first kappa shape index (κ1) is 16.2. The fourth-order valence-corrected chi connectivity index (χ4v) is 2.25. The summed E-state index contributed by atoms with van der Waals surface area (Å²) in [5, 5.41) is 2.98. The van der Waals surface area contributed by atoms with E-state index in [1.165, 1.54) is 6.42 Å². The SMILES string of the molecule is COCCOCCCCNC(=O)N1CCCC(C)C1. The zero-order chi connectivity index (χ0) is 13.9. The smallest absolute Gasteiger partial charge is 0.317 e. The van der Waals surface area contributed by atoms with Crippen molar-refractivity contribution in [2.75, 3.05) is 46.6 Å². The monoisotopic (exact) mass is 272 g/mol. The Hall–Kier alpha value is -0.810. The first-order chi connectivity index (χ1) is 9.24. The maximum atomic E-state index is 11.9. The summed E-state index contributed by atoms with van der Waals surface area (Å²) in [5.41, 5.74) is 0. The van der Waals surface area contributed by atoms with Crippen LogP contribution in [0.25, 0.3) is 0 Å². The lowest BCUT2D eigenvalue weighted by Gasteiger charge is -2.30. The van der Waals surface area contributed by atoms with Crippen LogP contribution in [0, 0.1) is 5.92 Å². The zero-order valence-corrected chi connectivity index (χ0v) is 12.3. The van der Waals surface area contributed by atoms with Gasteiger partial charge in [-0.2, -0.15) is 0 Å². The lowest BCUT2D eigenvalue weighted by Crippen LogP contribution is -2.45. The summed E-state index contributed by atoms with van der Waals surface area (Å²) in [4.78, 5) is 13.8. The molecule has 1 rings (SSSR count). The number of urea groups is 1. The van der Waals surface area contributed by atoms with Crippen molar-refractivity contribution in [1.82, 2.24) is 10.2 Å². The number of piperidine rings is 1. The Morgan fingerprint density at radius 2 is 2.16 bits per heavy atom. The molecule has 19 heavy (non-hydrogen) atoms. The number of nitrogens with zero attached hydrogens (tertiary/aromatic N) is 1. The van der Waals surface area contributed by atoms with Gasteiger partial charge >= 0.3 is 6.03 Å². The van der Waals surface area contributed by atoms with E-state index in [0.717, 1.165) is 45.5 Å². The van der Waals surface area contributed by atoms with E-state index >= 15 is 0 Å². The number of likely N-dealkylation sites (tertiary alicyclic amines) is 1. The van der Waals surface area contributed by atoms with Gasteiger partial charge < -0.3 is 19.7 Å². The minimum Gasteiger partial charge on any atom is -0.382 e. The van der Waals surface area contributed by atoms with Gasteiger partial charge in [0.25, 0.3) is 0 Å². The van der Waals surface area contributed by atoms with Gasteiger partial charge in [0.1, 0.15) is 0 Å². The largest absolute Gasteiger partial charge is 0.382 e. The highest BCUT2D eigenvalue weighted by atomic mass is 16.5. The molecule has 0 bridgehead atoms. The van der Waals surface area contributed by atoms with Gasteiger partial charge in [0.15, 0.2) is 0 Å². The summed E-state index contributed by atoms with van der Waals surface area (Å²) in [6, 6.07) is 0.0897. The molecule has 112 valence electrons. The highest BCUT2D eigenvalue weighted by Gasteiger charge is 2.20. The lowest BCUT2D eigenvalue weighted by atomic mass is 10.0. The molecule has 0 spiro atoms. The van der Waals surface area contributed by atoms with E-state index in [2.05, 4.69) is 12.2 Å². The number of carbonyl (C=O) groups excluding carboxylic acids is 1. The Kier molecular flexibility index (Phi) is 8.58. The van der Waals surface area contributed by atoms with Crippen LogP contribution in [-0.4, -0.2) is 57.5 Å². The number of hydrogen-bond acceptors (Lipinski definition) is 3. The van der Waals surface area contributed by atoms with Crippen molar-refractivity contribution >= 4 is 6.03 Å². The van der Waals surface area contributed by atoms with E-state index in [9.17, 15) is 4.79 Å². The number of rotatable bonds is 8. The fourth-order valence-electron chi connectivity index (χ4n) is 2.25. The molecule has 0 aromatic heterocycles. The van der Waals surface area contributed by atoms with E-state index in [1.807, 2.05) is 4.90 Å². The van der Waals surface area contributed by atoms with Crippen molar-refractivity contribution in [3.05, 3.63) is 0 Å². The Labute approximate surface area is 116 Å². The van der Waals surface area contributed by atoms with Gasteiger partial charge in [0.2, 0.25) is 0 Å². The van der Waals surface area contributed by atoms with Crippen LogP contribution in [0.4, 0.5) is 4.79 Å². The highest BCUT2D eigenvalue weighted by Crippen LogP contribution is 2.15. The molecule has 0 aromatic rings. The Morgan fingerprint density at radius 1 is 1.32 bits per heavy atom. The molecule has 1 unspecified atom stereocenters. The number of amides is 2. The van der Waals surface area contributed by atoms with Crippen LogP contribution in [0.5, 0.6) is 0 Å². The molecule has 2 amide bonds. The van der Waals surface area contributed by atoms with Crippen molar-refractivity contribution in [3.63, 3.8) is 0 Å². The third kappa shape index (κ3) is 7.38. The van der Waals surface area contributed by atoms with Crippen LogP contribution in [0.3, 0.4) is 0 Å². The van der Waals surface area contributed by atoms with Gasteiger partial charge in [0, 0.05) is 33.4 Å². The van der Waals surface area contributed by atoms with Crippen molar-refractivity contribution in [3.8, 4) is 0 Å². The fraction of sp³-hybridized carbons (Fsp3) is 0.929. The van der Waals surface area contributed by atoms with Crippen LogP contribution in [-0.2, 0) is 9.47 Å². The van der Waals surface area contributed by atoms with Gasteiger partial charge in [-0.05, 0) is 31.6 Å². The van der Waals surface area contributed by atoms with Gasteiger partial charge in [-0.25, -0.2) is 4.79 Å². The predicted molar refractivity (Wildman–Crippen MR) is 75.3 cm³/mol. The molecule has 1 N–H and O–H groups in total. The summed E-state index contributed by atoms with van der Waals surface area (Å²) < 4.78 is 10.3. The van der Waals surface area contributed by atoms with E-state index in [1.54, 1.807) is 7.11 Å². The first-order valence-electron chi connectivity index (χ1n) is 7.33. The number of hydrogen-bond donors (Lipinski definition) is 1. The van der Waals surface area contributed by atoms with Crippen LogP contribution >= 0.6 is 0 Å². The first-order valence-corrected chi connectivity index (χ1v) is 7.33. The summed E-state index contributed by atoms with van der Waals surface area (Å²) in [6.45, 7) is 6.76.